The highest BCUT2D eigenvalue weighted by Crippen LogP contribution is 2.26. The maximum atomic E-state index is 11.4. The summed E-state index contributed by atoms with van der Waals surface area (Å²) >= 11 is 1.55. The first-order valence-corrected chi connectivity index (χ1v) is 12.1. The van der Waals surface area contributed by atoms with E-state index in [1.807, 2.05) is 35.7 Å². The summed E-state index contributed by atoms with van der Waals surface area (Å²) < 4.78 is 2.17. The van der Waals surface area contributed by atoms with E-state index in [1.54, 1.807) is 23.5 Å². The van der Waals surface area contributed by atoms with Gasteiger partial charge in [0.25, 0.3) is 5.69 Å². The van der Waals surface area contributed by atoms with Crippen molar-refractivity contribution in [3.8, 4) is 11.3 Å². The predicted molar refractivity (Wildman–Crippen MR) is 137 cm³/mol. The first-order valence-electron chi connectivity index (χ1n) is 11.2. The molecule has 0 radical (unpaired) electrons. The number of para-hydroxylation sites is 1. The van der Waals surface area contributed by atoms with Gasteiger partial charge in [0.05, 0.1) is 16.3 Å². The van der Waals surface area contributed by atoms with Gasteiger partial charge < -0.3 is 9.55 Å². The van der Waals surface area contributed by atoms with Crippen molar-refractivity contribution in [3.63, 3.8) is 0 Å². The summed E-state index contributed by atoms with van der Waals surface area (Å²) in [6.07, 6.45) is 3.86. The first kappa shape index (κ1) is 21.9. The molecule has 0 amide bonds. The molecule has 0 aliphatic heterocycles. The molecule has 3 aromatic carbocycles. The van der Waals surface area contributed by atoms with Crippen LogP contribution in [0.25, 0.3) is 22.2 Å². The molecule has 0 unspecified atom stereocenters. The van der Waals surface area contributed by atoms with Gasteiger partial charge in [-0.2, -0.15) is 0 Å². The number of rotatable bonds is 7. The van der Waals surface area contributed by atoms with Crippen LogP contribution in [0.3, 0.4) is 0 Å². The second-order valence-corrected chi connectivity index (χ2v) is 8.94. The Hall–Kier alpha value is -3.97. The molecular weight excluding hydrogens is 444 g/mol. The number of nitro benzene ring substituents is 1. The molecule has 34 heavy (non-hydrogen) atoms. The van der Waals surface area contributed by atoms with Crippen LogP contribution >= 0.6 is 11.3 Å². The lowest BCUT2D eigenvalue weighted by Crippen LogP contribution is -2.17. The zero-order chi connectivity index (χ0) is 23.5. The van der Waals surface area contributed by atoms with Gasteiger partial charge >= 0.3 is 0 Å². The second-order valence-electron chi connectivity index (χ2n) is 8.10. The molecule has 2 heterocycles. The molecule has 1 N–H and O–H groups in total. The zero-order valence-corrected chi connectivity index (χ0v) is 19.6. The van der Waals surface area contributed by atoms with E-state index in [0.29, 0.717) is 6.54 Å². The minimum absolute atomic E-state index is 0.0838. The van der Waals surface area contributed by atoms with Gasteiger partial charge in [0.2, 0.25) is 0 Å². The molecule has 0 aliphatic rings. The van der Waals surface area contributed by atoms with E-state index in [1.165, 1.54) is 22.6 Å². The molecule has 0 saturated heterocycles. The summed E-state index contributed by atoms with van der Waals surface area (Å²) in [7, 11) is 0. The van der Waals surface area contributed by atoms with Gasteiger partial charge in [0.1, 0.15) is 0 Å². The van der Waals surface area contributed by atoms with Crippen LogP contribution in [-0.2, 0) is 19.4 Å². The number of fused-ring (bicyclic) bond motifs is 1. The molecule has 2 aromatic heterocycles. The first-order chi connectivity index (χ1) is 16.6. The fourth-order valence-corrected chi connectivity index (χ4v) is 5.09. The summed E-state index contributed by atoms with van der Waals surface area (Å²) in [5, 5.41) is 14.6. The largest absolute Gasteiger partial charge is 0.361 e. The average Bonchev–Trinajstić information content (AvgIpc) is 3.47. The number of hydrogen-bond donors (Lipinski definition) is 1. The second kappa shape index (κ2) is 9.49. The summed E-state index contributed by atoms with van der Waals surface area (Å²) in [6, 6.07) is 23.3. The molecule has 0 bridgehead atoms. The van der Waals surface area contributed by atoms with Crippen LogP contribution in [0.2, 0.25) is 0 Å². The van der Waals surface area contributed by atoms with Crippen molar-refractivity contribution in [1.82, 2.24) is 9.55 Å². The number of benzene rings is 3. The van der Waals surface area contributed by atoms with Crippen molar-refractivity contribution in [3.05, 3.63) is 110 Å². The molecule has 6 nitrogen and oxygen atoms in total. The Morgan fingerprint density at radius 2 is 1.88 bits per heavy atom. The van der Waals surface area contributed by atoms with Gasteiger partial charge in [0, 0.05) is 46.7 Å². The lowest BCUT2D eigenvalue weighted by Gasteiger charge is -2.09. The summed E-state index contributed by atoms with van der Waals surface area (Å²) in [4.78, 5) is 20.1. The standard InChI is InChI=1S/C27H24N4O2S/c1-2-19-10-12-22(13-11-19)29-27-30(15-14-21-17-28-25-9-4-3-8-24(21)25)26(18-34-27)20-6-5-7-23(16-20)31(32)33/h3-13,16-18,28H,2,14-15H2,1H3. The van der Waals surface area contributed by atoms with E-state index in [9.17, 15) is 10.1 Å². The Labute approximate surface area is 201 Å². The van der Waals surface area contributed by atoms with Gasteiger partial charge in [-0.15, -0.1) is 11.3 Å². The third-order valence-electron chi connectivity index (χ3n) is 6.00. The molecule has 5 rings (SSSR count). The summed E-state index contributed by atoms with van der Waals surface area (Å²) in [6.45, 7) is 2.84. The molecule has 7 heteroatoms. The van der Waals surface area contributed by atoms with Crippen LogP contribution < -0.4 is 4.80 Å². The van der Waals surface area contributed by atoms with Crippen molar-refractivity contribution in [1.29, 1.82) is 0 Å². The number of thiazole rings is 1. The summed E-state index contributed by atoms with van der Waals surface area (Å²) in [5.41, 5.74) is 6.34. The van der Waals surface area contributed by atoms with Crippen molar-refractivity contribution in [2.75, 3.05) is 0 Å². The minimum Gasteiger partial charge on any atom is -0.361 e. The van der Waals surface area contributed by atoms with Crippen LogP contribution in [0.4, 0.5) is 11.4 Å². The fourth-order valence-electron chi connectivity index (χ4n) is 4.13. The third kappa shape index (κ3) is 4.43. The Morgan fingerprint density at radius 3 is 2.68 bits per heavy atom. The van der Waals surface area contributed by atoms with Crippen molar-refractivity contribution in [2.45, 2.75) is 26.3 Å². The monoisotopic (exact) mass is 468 g/mol. The topological polar surface area (TPSA) is 76.2 Å². The number of aryl methyl sites for hydroxylation is 2. The highest BCUT2D eigenvalue weighted by atomic mass is 32.1. The minimum atomic E-state index is -0.354. The van der Waals surface area contributed by atoms with Gasteiger partial charge in [-0.05, 0) is 42.2 Å². The highest BCUT2D eigenvalue weighted by molar-refractivity contribution is 7.07. The lowest BCUT2D eigenvalue weighted by atomic mass is 10.1. The molecular formula is C27H24N4O2S. The molecule has 5 aromatic rings. The van der Waals surface area contributed by atoms with Crippen LogP contribution in [0.1, 0.15) is 18.1 Å². The molecule has 0 saturated carbocycles. The molecule has 0 atom stereocenters. The van der Waals surface area contributed by atoms with E-state index in [-0.39, 0.29) is 10.6 Å². The Bertz CT molecular complexity index is 1530. The third-order valence-corrected chi connectivity index (χ3v) is 6.86. The van der Waals surface area contributed by atoms with Gasteiger partial charge in [-0.25, -0.2) is 4.99 Å². The number of H-pyrrole nitrogens is 1. The number of nitrogens with one attached hydrogen (secondary N) is 1. The Kier molecular flexibility index (Phi) is 6.10. The van der Waals surface area contributed by atoms with Crippen molar-refractivity contribution >= 4 is 33.6 Å². The lowest BCUT2D eigenvalue weighted by molar-refractivity contribution is -0.384. The number of nitro groups is 1. The van der Waals surface area contributed by atoms with Crippen LogP contribution in [0.15, 0.2) is 89.4 Å². The maximum absolute atomic E-state index is 11.4. The predicted octanol–water partition coefficient (Wildman–Crippen LogP) is 6.64. The number of non-ortho nitro benzene ring substituents is 1. The smallest absolute Gasteiger partial charge is 0.270 e. The van der Waals surface area contributed by atoms with Gasteiger partial charge in [0.15, 0.2) is 4.80 Å². The van der Waals surface area contributed by atoms with E-state index in [2.05, 4.69) is 46.9 Å². The Morgan fingerprint density at radius 1 is 1.06 bits per heavy atom. The van der Waals surface area contributed by atoms with E-state index in [4.69, 9.17) is 4.99 Å². The summed E-state index contributed by atoms with van der Waals surface area (Å²) in [5.74, 6) is 0. The SMILES string of the molecule is CCc1ccc(N=c2scc(-c3cccc([N+](=O)[O-])c3)n2CCc2c[nH]c3ccccc23)cc1. The number of nitrogens with zero attached hydrogens (tertiary/aromatic N) is 3. The van der Waals surface area contributed by atoms with Crippen LogP contribution in [0.5, 0.6) is 0 Å². The Balaban J connectivity index is 1.57. The highest BCUT2D eigenvalue weighted by Gasteiger charge is 2.13. The number of aromatic nitrogens is 2. The van der Waals surface area contributed by atoms with E-state index >= 15 is 0 Å². The molecule has 0 fully saturated rings. The average molecular weight is 469 g/mol. The maximum Gasteiger partial charge on any atom is 0.270 e. The van der Waals surface area contributed by atoms with Crippen molar-refractivity contribution in [2.24, 2.45) is 4.99 Å². The number of aromatic amines is 1. The van der Waals surface area contributed by atoms with E-state index in [0.717, 1.165) is 40.1 Å². The molecule has 170 valence electrons. The molecule has 0 spiro atoms. The zero-order valence-electron chi connectivity index (χ0n) is 18.8. The van der Waals surface area contributed by atoms with Gasteiger partial charge in [-0.1, -0.05) is 49.4 Å². The van der Waals surface area contributed by atoms with Gasteiger partial charge in [-0.3, -0.25) is 10.1 Å². The van der Waals surface area contributed by atoms with Crippen molar-refractivity contribution < 1.29 is 4.92 Å². The van der Waals surface area contributed by atoms with Crippen LogP contribution in [-0.4, -0.2) is 14.5 Å². The quantitative estimate of drug-likeness (QED) is 0.215. The normalized spacial score (nSPS) is 11.9. The molecule has 0 aliphatic carbocycles. The van der Waals surface area contributed by atoms with Crippen LogP contribution in [0, 0.1) is 10.1 Å². The fraction of sp³-hybridized carbons (Fsp3) is 0.148. The number of hydrogen-bond acceptors (Lipinski definition) is 4. The van der Waals surface area contributed by atoms with E-state index < -0.39 is 0 Å².